The molecule has 0 radical (unpaired) electrons. The molecule has 3 N–H and O–H groups in total. The number of nitrogen functional groups attached to an aromatic ring is 1. The lowest BCUT2D eigenvalue weighted by Crippen LogP contribution is -2.04. The van der Waals surface area contributed by atoms with Gasteiger partial charge in [-0.25, -0.2) is 4.98 Å². The number of fused-ring (bicyclic) bond motifs is 1. The maximum atomic E-state index is 5.82. The summed E-state index contributed by atoms with van der Waals surface area (Å²) < 4.78 is 7.50. The Hall–Kier alpha value is -2.83. The van der Waals surface area contributed by atoms with Crippen molar-refractivity contribution < 1.29 is 4.74 Å². The number of nitrogens with one attached hydrogen (secondary N) is 1. The van der Waals surface area contributed by atoms with Gasteiger partial charge in [0, 0.05) is 7.05 Å². The molecule has 0 saturated heterocycles. The monoisotopic (exact) mass is 298 g/mol. The lowest BCUT2D eigenvalue weighted by molar-refractivity contribution is 0.342. The highest BCUT2D eigenvalue weighted by Crippen LogP contribution is 2.30. The second kappa shape index (κ2) is 5.51. The normalized spacial score (nSPS) is 10.9. The van der Waals surface area contributed by atoms with Gasteiger partial charge in [0.15, 0.2) is 17.0 Å². The summed E-state index contributed by atoms with van der Waals surface area (Å²) in [6, 6.07) is 7.67. The van der Waals surface area contributed by atoms with Gasteiger partial charge in [-0.3, -0.25) is 0 Å². The van der Waals surface area contributed by atoms with Crippen molar-refractivity contribution in [3.05, 3.63) is 30.1 Å². The first-order valence-corrected chi connectivity index (χ1v) is 7.05. The minimum Gasteiger partial charge on any atom is -0.492 e. The molecule has 0 amide bonds. The molecule has 22 heavy (non-hydrogen) atoms. The fraction of sp³-hybridized carbons (Fsp3) is 0.267. The van der Waals surface area contributed by atoms with Gasteiger partial charge in [-0.2, -0.15) is 9.97 Å². The van der Waals surface area contributed by atoms with E-state index in [-0.39, 0.29) is 5.95 Å². The van der Waals surface area contributed by atoms with Crippen molar-refractivity contribution in [1.29, 1.82) is 0 Å². The molecular weight excluding hydrogens is 280 g/mol. The van der Waals surface area contributed by atoms with Crippen molar-refractivity contribution in [2.24, 2.45) is 7.05 Å². The molecule has 0 saturated carbocycles. The first kappa shape index (κ1) is 14.1. The largest absolute Gasteiger partial charge is 0.492 e. The van der Waals surface area contributed by atoms with Gasteiger partial charge in [-0.05, 0) is 26.0 Å². The van der Waals surface area contributed by atoms with Crippen molar-refractivity contribution in [2.75, 3.05) is 17.7 Å². The molecule has 114 valence electrons. The predicted octanol–water partition coefficient (Wildman–Crippen LogP) is 2.40. The fourth-order valence-corrected chi connectivity index (χ4v) is 2.25. The van der Waals surface area contributed by atoms with Crippen LogP contribution in [0.25, 0.3) is 11.2 Å². The summed E-state index contributed by atoms with van der Waals surface area (Å²) in [6.07, 6.45) is 0. The highest BCUT2D eigenvalue weighted by molar-refractivity contribution is 5.87. The number of aromatic nitrogens is 4. The van der Waals surface area contributed by atoms with E-state index in [9.17, 15) is 0 Å². The summed E-state index contributed by atoms with van der Waals surface area (Å²) in [5, 5.41) is 3.25. The van der Waals surface area contributed by atoms with Gasteiger partial charge in [-0.15, -0.1) is 0 Å². The van der Waals surface area contributed by atoms with Gasteiger partial charge >= 0.3 is 0 Å². The second-order valence-electron chi connectivity index (χ2n) is 4.87. The van der Waals surface area contributed by atoms with E-state index in [1.807, 2.05) is 49.7 Å². The number of aryl methyl sites for hydroxylation is 2. The number of hydrogen-bond donors (Lipinski definition) is 2. The third-order valence-electron chi connectivity index (χ3n) is 3.40. The molecule has 0 aliphatic heterocycles. The molecule has 2 heterocycles. The molecule has 0 aliphatic rings. The lowest BCUT2D eigenvalue weighted by Gasteiger charge is -2.12. The Bertz CT molecular complexity index is 826. The summed E-state index contributed by atoms with van der Waals surface area (Å²) in [7, 11) is 1.90. The zero-order valence-electron chi connectivity index (χ0n) is 12.8. The topological polar surface area (TPSA) is 90.9 Å². The molecule has 0 aliphatic carbocycles. The number of benzene rings is 1. The molecular formula is C15H18N6O. The fourth-order valence-electron chi connectivity index (χ4n) is 2.25. The Morgan fingerprint density at radius 3 is 2.77 bits per heavy atom. The highest BCUT2D eigenvalue weighted by atomic mass is 16.5. The van der Waals surface area contributed by atoms with Crippen molar-refractivity contribution >= 4 is 28.6 Å². The van der Waals surface area contributed by atoms with Gasteiger partial charge in [0.1, 0.15) is 11.6 Å². The third-order valence-corrected chi connectivity index (χ3v) is 3.40. The van der Waals surface area contributed by atoms with E-state index in [1.54, 1.807) is 0 Å². The maximum absolute atomic E-state index is 5.82. The molecule has 0 bridgehead atoms. The van der Waals surface area contributed by atoms with E-state index in [0.29, 0.717) is 23.6 Å². The van der Waals surface area contributed by atoms with Crippen LogP contribution in [0.15, 0.2) is 24.3 Å². The quantitative estimate of drug-likeness (QED) is 0.768. The van der Waals surface area contributed by atoms with Crippen LogP contribution in [-0.4, -0.2) is 26.1 Å². The summed E-state index contributed by atoms with van der Waals surface area (Å²) in [5.74, 6) is 2.37. The van der Waals surface area contributed by atoms with E-state index in [2.05, 4.69) is 20.3 Å². The van der Waals surface area contributed by atoms with Crippen molar-refractivity contribution in [3.8, 4) is 5.75 Å². The number of hydrogen-bond acceptors (Lipinski definition) is 6. The molecule has 0 spiro atoms. The number of imidazole rings is 1. The third kappa shape index (κ3) is 2.41. The number of para-hydroxylation sites is 2. The smallest absolute Gasteiger partial charge is 0.224 e. The summed E-state index contributed by atoms with van der Waals surface area (Å²) in [6.45, 7) is 4.44. The van der Waals surface area contributed by atoms with Crippen LogP contribution in [0.2, 0.25) is 0 Å². The van der Waals surface area contributed by atoms with E-state index < -0.39 is 0 Å². The average Bonchev–Trinajstić information content (AvgIpc) is 2.78. The SMILES string of the molecule is CCOc1ccccc1Nc1nc(N)nc2c1nc(C)n2C. The minimum absolute atomic E-state index is 0.201. The van der Waals surface area contributed by atoms with Crippen LogP contribution >= 0.6 is 0 Å². The molecule has 3 aromatic rings. The molecule has 0 atom stereocenters. The van der Waals surface area contributed by atoms with Crippen LogP contribution < -0.4 is 15.8 Å². The zero-order chi connectivity index (χ0) is 15.7. The molecule has 0 unspecified atom stereocenters. The first-order chi connectivity index (χ1) is 10.6. The molecule has 1 aromatic carbocycles. The number of rotatable bonds is 4. The molecule has 7 nitrogen and oxygen atoms in total. The first-order valence-electron chi connectivity index (χ1n) is 7.05. The van der Waals surface area contributed by atoms with Crippen LogP contribution in [-0.2, 0) is 7.05 Å². The van der Waals surface area contributed by atoms with E-state index >= 15 is 0 Å². The van der Waals surface area contributed by atoms with Gasteiger partial charge in [0.05, 0.1) is 12.3 Å². The lowest BCUT2D eigenvalue weighted by atomic mass is 10.3. The molecule has 7 heteroatoms. The standard InChI is InChI=1S/C15H18N6O/c1-4-22-11-8-6-5-7-10(11)18-13-12-14(20-15(16)19-13)21(3)9(2)17-12/h5-8H,4H2,1-3H3,(H3,16,18,19,20). The number of anilines is 3. The average molecular weight is 298 g/mol. The van der Waals surface area contributed by atoms with Crippen LogP contribution in [0.3, 0.4) is 0 Å². The van der Waals surface area contributed by atoms with Crippen LogP contribution in [0.1, 0.15) is 12.7 Å². The molecule has 3 rings (SSSR count). The number of nitrogens with zero attached hydrogens (tertiary/aromatic N) is 4. The van der Waals surface area contributed by atoms with Crippen molar-refractivity contribution in [2.45, 2.75) is 13.8 Å². The van der Waals surface area contributed by atoms with Gasteiger partial charge in [-0.1, -0.05) is 12.1 Å². The number of ether oxygens (including phenoxy) is 1. The second-order valence-corrected chi connectivity index (χ2v) is 4.87. The van der Waals surface area contributed by atoms with E-state index in [4.69, 9.17) is 10.5 Å². The Morgan fingerprint density at radius 2 is 2.00 bits per heavy atom. The Morgan fingerprint density at radius 1 is 1.23 bits per heavy atom. The van der Waals surface area contributed by atoms with Crippen molar-refractivity contribution in [3.63, 3.8) is 0 Å². The summed E-state index contributed by atoms with van der Waals surface area (Å²) in [4.78, 5) is 13.0. The van der Waals surface area contributed by atoms with Gasteiger partial charge in [0.25, 0.3) is 0 Å². The Balaban J connectivity index is 2.10. The number of nitrogens with two attached hydrogens (primary N) is 1. The summed E-state index contributed by atoms with van der Waals surface area (Å²) in [5.41, 5.74) is 8.01. The van der Waals surface area contributed by atoms with Gasteiger partial charge in [0.2, 0.25) is 5.95 Å². The predicted molar refractivity (Wildman–Crippen MR) is 86.3 cm³/mol. The maximum Gasteiger partial charge on any atom is 0.224 e. The van der Waals surface area contributed by atoms with Crippen molar-refractivity contribution in [1.82, 2.24) is 19.5 Å². The molecule has 0 fully saturated rings. The van der Waals surface area contributed by atoms with Gasteiger partial charge < -0.3 is 20.4 Å². The van der Waals surface area contributed by atoms with E-state index in [0.717, 1.165) is 17.3 Å². The molecule has 2 aromatic heterocycles. The van der Waals surface area contributed by atoms with Crippen LogP contribution in [0.5, 0.6) is 5.75 Å². The Labute approximate surface area is 128 Å². The van der Waals surface area contributed by atoms with Crippen LogP contribution in [0, 0.1) is 6.92 Å². The Kier molecular flexibility index (Phi) is 3.54. The minimum atomic E-state index is 0.201. The van der Waals surface area contributed by atoms with E-state index in [1.165, 1.54) is 0 Å². The van der Waals surface area contributed by atoms with Crippen LogP contribution in [0.4, 0.5) is 17.5 Å². The zero-order valence-corrected chi connectivity index (χ0v) is 12.8. The highest BCUT2D eigenvalue weighted by Gasteiger charge is 2.14. The summed E-state index contributed by atoms with van der Waals surface area (Å²) >= 11 is 0.